The molecule has 3 rings (SSSR count). The molecule has 136 valence electrons. The van der Waals surface area contributed by atoms with Crippen LogP contribution in [-0.2, 0) is 12.8 Å². The predicted octanol–water partition coefficient (Wildman–Crippen LogP) is 5.42. The Bertz CT molecular complexity index is 671. The van der Waals surface area contributed by atoms with Crippen LogP contribution in [-0.4, -0.2) is 12.6 Å². The Labute approximate surface area is 162 Å². The first-order chi connectivity index (χ1) is 11.7. The van der Waals surface area contributed by atoms with Crippen molar-refractivity contribution in [3.8, 4) is 5.75 Å². The molecular weight excluding hydrogens is 353 g/mol. The lowest BCUT2D eigenvalue weighted by atomic mass is 9.97. The fourth-order valence-corrected chi connectivity index (χ4v) is 3.17. The van der Waals surface area contributed by atoms with Gasteiger partial charge in [0.25, 0.3) is 0 Å². The van der Waals surface area contributed by atoms with Gasteiger partial charge < -0.3 is 10.5 Å². The molecule has 2 nitrogen and oxygen atoms in total. The van der Waals surface area contributed by atoms with Gasteiger partial charge in [-0.05, 0) is 54.9 Å². The average Bonchev–Trinajstić information content (AvgIpc) is 3.39. The van der Waals surface area contributed by atoms with Gasteiger partial charge in [-0.15, -0.1) is 12.4 Å². The topological polar surface area (TPSA) is 35.2 Å². The van der Waals surface area contributed by atoms with Crippen LogP contribution in [0, 0.1) is 5.92 Å². The van der Waals surface area contributed by atoms with Gasteiger partial charge in [0, 0.05) is 23.0 Å². The van der Waals surface area contributed by atoms with Crippen molar-refractivity contribution < 1.29 is 4.74 Å². The van der Waals surface area contributed by atoms with E-state index in [4.69, 9.17) is 22.1 Å². The minimum Gasteiger partial charge on any atom is -0.493 e. The van der Waals surface area contributed by atoms with Crippen LogP contribution in [0.15, 0.2) is 42.5 Å². The van der Waals surface area contributed by atoms with Crippen LogP contribution in [0.2, 0.25) is 5.02 Å². The lowest BCUT2D eigenvalue weighted by molar-refractivity contribution is 0.293. The lowest BCUT2D eigenvalue weighted by Crippen LogP contribution is -2.22. The third-order valence-corrected chi connectivity index (χ3v) is 4.83. The van der Waals surface area contributed by atoms with Gasteiger partial charge in [-0.3, -0.25) is 0 Å². The molecule has 2 aromatic carbocycles. The third kappa shape index (κ3) is 5.91. The Morgan fingerprint density at radius 3 is 2.48 bits per heavy atom. The highest BCUT2D eigenvalue weighted by Crippen LogP contribution is 2.35. The lowest BCUT2D eigenvalue weighted by Gasteiger charge is -2.19. The van der Waals surface area contributed by atoms with Crippen molar-refractivity contribution in [2.24, 2.45) is 11.7 Å². The number of benzene rings is 2. The van der Waals surface area contributed by atoms with Crippen molar-refractivity contribution >= 4 is 24.0 Å². The van der Waals surface area contributed by atoms with Crippen LogP contribution in [0.1, 0.15) is 42.9 Å². The smallest absolute Gasteiger partial charge is 0.126 e. The van der Waals surface area contributed by atoms with E-state index in [9.17, 15) is 0 Å². The molecule has 1 atom stereocenters. The monoisotopic (exact) mass is 379 g/mol. The Morgan fingerprint density at radius 1 is 1.16 bits per heavy atom. The minimum atomic E-state index is 0. The molecule has 1 aliphatic carbocycles. The highest BCUT2D eigenvalue weighted by atomic mass is 35.5. The molecule has 0 radical (unpaired) electrons. The predicted molar refractivity (Wildman–Crippen MR) is 108 cm³/mol. The molecular formula is C21H27Cl2NO. The van der Waals surface area contributed by atoms with Crippen LogP contribution in [0.25, 0.3) is 0 Å². The number of hydrogen-bond acceptors (Lipinski definition) is 2. The molecule has 25 heavy (non-hydrogen) atoms. The molecule has 0 bridgehead atoms. The summed E-state index contributed by atoms with van der Waals surface area (Å²) in [7, 11) is 0. The molecule has 1 aliphatic rings. The first kappa shape index (κ1) is 20.1. The van der Waals surface area contributed by atoms with E-state index in [2.05, 4.69) is 31.2 Å². The first-order valence-electron chi connectivity index (χ1n) is 8.89. The van der Waals surface area contributed by atoms with E-state index < -0.39 is 0 Å². The van der Waals surface area contributed by atoms with Crippen LogP contribution in [0.5, 0.6) is 5.75 Å². The van der Waals surface area contributed by atoms with E-state index in [1.54, 1.807) is 0 Å². The van der Waals surface area contributed by atoms with Crippen LogP contribution in [0.4, 0.5) is 0 Å². The largest absolute Gasteiger partial charge is 0.493 e. The summed E-state index contributed by atoms with van der Waals surface area (Å²) in [5.74, 6) is 1.72. The number of nitrogens with two attached hydrogens (primary N) is 1. The molecule has 1 fully saturated rings. The average molecular weight is 380 g/mol. The molecule has 0 aliphatic heterocycles. The minimum absolute atomic E-state index is 0. The van der Waals surface area contributed by atoms with E-state index in [0.29, 0.717) is 0 Å². The first-order valence-corrected chi connectivity index (χ1v) is 9.27. The van der Waals surface area contributed by atoms with Crippen LogP contribution < -0.4 is 10.5 Å². The fourth-order valence-electron chi connectivity index (χ4n) is 2.91. The third-order valence-electron chi connectivity index (χ3n) is 4.61. The van der Waals surface area contributed by atoms with Crippen molar-refractivity contribution in [1.29, 1.82) is 0 Å². The van der Waals surface area contributed by atoms with Crippen LogP contribution >= 0.6 is 24.0 Å². The molecule has 1 saturated carbocycles. The van der Waals surface area contributed by atoms with Gasteiger partial charge >= 0.3 is 0 Å². The van der Waals surface area contributed by atoms with Gasteiger partial charge in [0.05, 0.1) is 6.61 Å². The van der Waals surface area contributed by atoms with E-state index in [1.165, 1.54) is 18.4 Å². The highest BCUT2D eigenvalue weighted by molar-refractivity contribution is 6.30. The molecule has 2 aromatic rings. The SMILES string of the molecule is CCC(N)Cc1cc(Cl)cc(Cc2ccccc2)c1OCC1CC1.Cl. The summed E-state index contributed by atoms with van der Waals surface area (Å²) < 4.78 is 6.25. The van der Waals surface area contributed by atoms with Crippen molar-refractivity contribution in [2.75, 3.05) is 6.61 Å². The summed E-state index contributed by atoms with van der Waals surface area (Å²) in [6, 6.07) is 14.7. The maximum absolute atomic E-state index is 6.39. The highest BCUT2D eigenvalue weighted by Gasteiger charge is 2.23. The zero-order valence-corrected chi connectivity index (χ0v) is 16.3. The molecule has 0 saturated heterocycles. The van der Waals surface area contributed by atoms with E-state index in [0.717, 1.165) is 53.7 Å². The van der Waals surface area contributed by atoms with E-state index in [-0.39, 0.29) is 18.4 Å². The van der Waals surface area contributed by atoms with Gasteiger partial charge in [0.2, 0.25) is 0 Å². The normalized spacial score (nSPS) is 14.7. The summed E-state index contributed by atoms with van der Waals surface area (Å²) in [6.45, 7) is 2.92. The summed E-state index contributed by atoms with van der Waals surface area (Å²) in [5, 5.41) is 0.762. The van der Waals surface area contributed by atoms with Crippen molar-refractivity contribution in [2.45, 2.75) is 45.1 Å². The summed E-state index contributed by atoms with van der Waals surface area (Å²) in [5.41, 5.74) is 9.76. The maximum atomic E-state index is 6.39. The summed E-state index contributed by atoms with van der Waals surface area (Å²) in [6.07, 6.45) is 5.15. The maximum Gasteiger partial charge on any atom is 0.126 e. The fraction of sp³-hybridized carbons (Fsp3) is 0.429. The van der Waals surface area contributed by atoms with E-state index >= 15 is 0 Å². The molecule has 2 N–H and O–H groups in total. The standard InChI is InChI=1S/C21H26ClNO.ClH/c1-2-20(23)13-18-12-19(22)11-17(10-15-6-4-3-5-7-15)21(18)24-14-16-8-9-16;/h3-7,11-12,16,20H,2,8-10,13-14,23H2,1H3;1H. The number of halogens is 2. The van der Waals surface area contributed by atoms with Gasteiger partial charge in [0.1, 0.15) is 5.75 Å². The molecule has 0 spiro atoms. The Balaban J connectivity index is 0.00000225. The van der Waals surface area contributed by atoms with Crippen molar-refractivity contribution in [1.82, 2.24) is 0 Å². The van der Waals surface area contributed by atoms with E-state index in [1.807, 2.05) is 18.2 Å². The zero-order chi connectivity index (χ0) is 16.9. The quantitative estimate of drug-likeness (QED) is 0.664. The second-order valence-electron chi connectivity index (χ2n) is 6.84. The molecule has 0 aromatic heterocycles. The molecule has 4 heteroatoms. The number of hydrogen-bond donors (Lipinski definition) is 1. The Morgan fingerprint density at radius 2 is 1.84 bits per heavy atom. The van der Waals surface area contributed by atoms with Crippen LogP contribution in [0.3, 0.4) is 0 Å². The molecule has 0 heterocycles. The molecule has 1 unspecified atom stereocenters. The second kappa shape index (κ2) is 9.47. The van der Waals surface area contributed by atoms with Crippen molar-refractivity contribution in [3.05, 3.63) is 64.2 Å². The number of ether oxygens (including phenoxy) is 1. The van der Waals surface area contributed by atoms with Gasteiger partial charge in [-0.1, -0.05) is 48.9 Å². The van der Waals surface area contributed by atoms with Gasteiger partial charge in [-0.2, -0.15) is 0 Å². The number of rotatable bonds is 8. The zero-order valence-electron chi connectivity index (χ0n) is 14.7. The summed E-state index contributed by atoms with van der Waals surface area (Å²) >= 11 is 6.39. The second-order valence-corrected chi connectivity index (χ2v) is 7.28. The van der Waals surface area contributed by atoms with Crippen molar-refractivity contribution in [3.63, 3.8) is 0 Å². The van der Waals surface area contributed by atoms with Gasteiger partial charge in [-0.25, -0.2) is 0 Å². The summed E-state index contributed by atoms with van der Waals surface area (Å²) in [4.78, 5) is 0. The Kier molecular flexibility index (Phi) is 7.61. The van der Waals surface area contributed by atoms with Gasteiger partial charge in [0.15, 0.2) is 0 Å². The molecule has 0 amide bonds. The Hall–Kier alpha value is -1.22.